The highest BCUT2D eigenvalue weighted by Gasteiger charge is 2.13. The van der Waals surface area contributed by atoms with Crippen molar-refractivity contribution >= 4 is 37.4 Å². The lowest BCUT2D eigenvalue weighted by atomic mass is 10.2. The molecule has 2 aromatic carbocycles. The van der Waals surface area contributed by atoms with E-state index in [4.69, 9.17) is 9.47 Å². The summed E-state index contributed by atoms with van der Waals surface area (Å²) in [6.45, 7) is 1.99. The van der Waals surface area contributed by atoms with Crippen LogP contribution in [0, 0.1) is 11.3 Å². The van der Waals surface area contributed by atoms with E-state index in [0.29, 0.717) is 26.4 Å². The van der Waals surface area contributed by atoms with Gasteiger partial charge in [0.25, 0.3) is 0 Å². The molecule has 0 fully saturated rings. The molecule has 1 amide bonds. The Hall–Kier alpha value is -2.65. The molecule has 2 rings (SSSR count). The van der Waals surface area contributed by atoms with Crippen LogP contribution in [0.4, 0.5) is 10.5 Å². The summed E-state index contributed by atoms with van der Waals surface area (Å²) in [5.74, 6) is 0.515. The van der Waals surface area contributed by atoms with Gasteiger partial charge in [-0.2, -0.15) is 10.8 Å². The highest BCUT2D eigenvalue weighted by atomic mass is 79.9. The number of nitrogens with zero attached hydrogens (tertiary/aromatic N) is 3. The van der Waals surface area contributed by atoms with Crippen molar-refractivity contribution in [3.8, 4) is 11.8 Å². The summed E-state index contributed by atoms with van der Waals surface area (Å²) in [5, 5.41) is 11.0. The Balaban J connectivity index is 2.23. The van der Waals surface area contributed by atoms with E-state index in [2.05, 4.69) is 37.3 Å². The second kappa shape index (κ2) is 11.1. The maximum atomic E-state index is 12.8. The van der Waals surface area contributed by atoms with Crippen molar-refractivity contribution < 1.29 is 18.5 Å². The predicted molar refractivity (Wildman–Crippen MR) is 122 cm³/mol. The van der Waals surface area contributed by atoms with E-state index in [9.17, 15) is 14.3 Å². The first kappa shape index (κ1) is 24.6. The Morgan fingerprint density at radius 1 is 1.32 bits per heavy atom. The number of amides is 1. The molecule has 2 N–H and O–H groups in total. The normalized spacial score (nSPS) is 12.5. The number of hydrazine groups is 2. The van der Waals surface area contributed by atoms with Crippen LogP contribution in [0.1, 0.15) is 18.1 Å². The van der Waals surface area contributed by atoms with Gasteiger partial charge in [-0.25, -0.2) is 14.0 Å². The van der Waals surface area contributed by atoms with Gasteiger partial charge < -0.3 is 14.9 Å². The van der Waals surface area contributed by atoms with E-state index in [0.717, 1.165) is 5.56 Å². The van der Waals surface area contributed by atoms with Gasteiger partial charge in [-0.05, 0) is 46.6 Å². The summed E-state index contributed by atoms with van der Waals surface area (Å²) >= 11 is 3.42. The van der Waals surface area contributed by atoms with Gasteiger partial charge >= 0.3 is 6.09 Å². The van der Waals surface area contributed by atoms with Crippen LogP contribution in [0.25, 0.3) is 0 Å². The van der Waals surface area contributed by atoms with Crippen LogP contribution in [0.5, 0.6) is 5.75 Å². The van der Waals surface area contributed by atoms with Crippen molar-refractivity contribution in [2.45, 2.75) is 18.4 Å². The zero-order chi connectivity index (χ0) is 23.0. The fraction of sp³-hybridized carbons (Fsp3) is 0.300. The first-order valence-electron chi connectivity index (χ1n) is 9.19. The first-order chi connectivity index (χ1) is 14.7. The lowest BCUT2D eigenvalue weighted by molar-refractivity contribution is 0.164. The quantitative estimate of drug-likeness (QED) is 0.514. The molecule has 0 aliphatic carbocycles. The average molecular weight is 510 g/mol. The van der Waals surface area contributed by atoms with Gasteiger partial charge in [-0.1, -0.05) is 12.1 Å². The molecule has 0 aromatic heterocycles. The second-order valence-electron chi connectivity index (χ2n) is 6.60. The standard InChI is InChI=1S/C20H24BrN5O4S/c1-5-29-20(27)24-31(4,28)16-8-6-7-14(9-16)13-30-19-11-18(23-25-26(2)3)15(12-22)10-17(19)21/h6-11,23,25H,5,13H2,1-4H3. The van der Waals surface area contributed by atoms with Crippen LogP contribution in [-0.2, 0) is 21.1 Å². The number of carbonyl (C=O) groups is 1. The molecule has 2 aromatic rings. The Morgan fingerprint density at radius 2 is 2.06 bits per heavy atom. The third-order valence-electron chi connectivity index (χ3n) is 3.85. The van der Waals surface area contributed by atoms with Crippen LogP contribution < -0.4 is 15.7 Å². The third-order valence-corrected chi connectivity index (χ3v) is 6.10. The van der Waals surface area contributed by atoms with Crippen LogP contribution in [0.15, 0.2) is 50.1 Å². The number of carbonyl (C=O) groups excluding carboxylic acids is 1. The van der Waals surface area contributed by atoms with Crippen LogP contribution >= 0.6 is 15.9 Å². The van der Waals surface area contributed by atoms with E-state index in [-0.39, 0.29) is 13.2 Å². The molecule has 11 heteroatoms. The Labute approximate surface area is 190 Å². The van der Waals surface area contributed by atoms with Gasteiger partial charge in [0.1, 0.15) is 18.4 Å². The minimum absolute atomic E-state index is 0.159. The van der Waals surface area contributed by atoms with Crippen molar-refractivity contribution in [2.75, 3.05) is 32.4 Å². The number of ether oxygens (including phenoxy) is 2. The number of rotatable bonds is 8. The maximum Gasteiger partial charge on any atom is 0.442 e. The molecule has 1 unspecified atom stereocenters. The summed E-state index contributed by atoms with van der Waals surface area (Å²) in [6, 6.07) is 12.3. The zero-order valence-electron chi connectivity index (χ0n) is 17.6. The van der Waals surface area contributed by atoms with E-state index in [1.54, 1.807) is 42.3 Å². The molecule has 1 atom stereocenters. The molecule has 0 aliphatic rings. The van der Waals surface area contributed by atoms with Crippen LogP contribution in [-0.4, -0.2) is 42.3 Å². The fourth-order valence-electron chi connectivity index (χ4n) is 2.41. The van der Waals surface area contributed by atoms with Crippen molar-refractivity contribution in [2.24, 2.45) is 4.36 Å². The summed E-state index contributed by atoms with van der Waals surface area (Å²) in [6.07, 6.45) is 0.529. The number of nitrogens with one attached hydrogen (secondary N) is 2. The number of halogens is 1. The minimum atomic E-state index is -2.95. The third kappa shape index (κ3) is 7.22. The average Bonchev–Trinajstić information content (AvgIpc) is 2.71. The van der Waals surface area contributed by atoms with Crippen molar-refractivity contribution in [3.05, 3.63) is 52.0 Å². The molecule has 0 spiro atoms. The monoisotopic (exact) mass is 509 g/mol. The molecule has 166 valence electrons. The molecule has 9 nitrogen and oxygen atoms in total. The van der Waals surface area contributed by atoms with Gasteiger partial charge in [0, 0.05) is 31.3 Å². The minimum Gasteiger partial charge on any atom is -0.488 e. The summed E-state index contributed by atoms with van der Waals surface area (Å²) in [5.41, 5.74) is 7.55. The number of nitriles is 1. The van der Waals surface area contributed by atoms with Crippen LogP contribution in [0.2, 0.25) is 0 Å². The van der Waals surface area contributed by atoms with Gasteiger partial charge in [0.05, 0.1) is 32.1 Å². The van der Waals surface area contributed by atoms with Crippen LogP contribution in [0.3, 0.4) is 0 Å². The zero-order valence-corrected chi connectivity index (χ0v) is 20.0. The van der Waals surface area contributed by atoms with E-state index >= 15 is 0 Å². The Bertz CT molecular complexity index is 1110. The SMILES string of the molecule is CCOC(=O)N=S(C)(=O)c1cccc(COc2cc(NNN(C)C)c(C#N)cc2Br)c1. The highest BCUT2D eigenvalue weighted by molar-refractivity contribution is 9.10. The van der Waals surface area contributed by atoms with Gasteiger partial charge in [0.15, 0.2) is 0 Å². The Kier molecular flexibility index (Phi) is 8.82. The molecule has 0 saturated carbocycles. The van der Waals surface area contributed by atoms with Gasteiger partial charge in [0.2, 0.25) is 0 Å². The summed E-state index contributed by atoms with van der Waals surface area (Å²) < 4.78 is 27.8. The van der Waals surface area contributed by atoms with E-state index in [1.807, 2.05) is 20.2 Å². The fourth-order valence-corrected chi connectivity index (χ4v) is 4.01. The molecule has 0 heterocycles. The van der Waals surface area contributed by atoms with E-state index in [1.165, 1.54) is 6.26 Å². The molecular formula is C20H24BrN5O4S. The maximum absolute atomic E-state index is 12.8. The van der Waals surface area contributed by atoms with Gasteiger partial charge in [-0.3, -0.25) is 0 Å². The first-order valence-corrected chi connectivity index (χ1v) is 11.9. The van der Waals surface area contributed by atoms with E-state index < -0.39 is 15.8 Å². The lowest BCUT2D eigenvalue weighted by Crippen LogP contribution is -2.35. The van der Waals surface area contributed by atoms with Gasteiger partial charge in [-0.15, -0.1) is 4.36 Å². The number of anilines is 1. The highest BCUT2D eigenvalue weighted by Crippen LogP contribution is 2.32. The van der Waals surface area contributed by atoms with Crippen molar-refractivity contribution in [1.82, 2.24) is 10.5 Å². The molecule has 0 radical (unpaired) electrons. The molecule has 31 heavy (non-hydrogen) atoms. The van der Waals surface area contributed by atoms with Crippen molar-refractivity contribution in [3.63, 3.8) is 0 Å². The number of benzene rings is 2. The molecular weight excluding hydrogens is 486 g/mol. The molecule has 0 saturated heterocycles. The summed E-state index contributed by atoms with van der Waals surface area (Å²) in [7, 11) is 0.666. The smallest absolute Gasteiger partial charge is 0.442 e. The summed E-state index contributed by atoms with van der Waals surface area (Å²) in [4.78, 5) is 12.0. The predicted octanol–water partition coefficient (Wildman–Crippen LogP) is 3.91. The lowest BCUT2D eigenvalue weighted by Gasteiger charge is -2.17. The second-order valence-corrected chi connectivity index (χ2v) is 9.71. The number of hydrogen-bond acceptors (Lipinski definition) is 8. The number of hydrogen-bond donors (Lipinski definition) is 2. The Morgan fingerprint density at radius 3 is 2.71 bits per heavy atom. The van der Waals surface area contributed by atoms with Crippen molar-refractivity contribution in [1.29, 1.82) is 5.26 Å². The molecule has 0 bridgehead atoms. The molecule has 0 aliphatic heterocycles. The topological polar surface area (TPSA) is 116 Å². The largest absolute Gasteiger partial charge is 0.488 e.